The molecule has 8 nitrogen and oxygen atoms in total. The molecule has 1 aromatic carbocycles. The molecule has 0 spiro atoms. The van der Waals surface area contributed by atoms with E-state index in [0.717, 1.165) is 0 Å². The van der Waals surface area contributed by atoms with E-state index in [-0.39, 0.29) is 23.7 Å². The van der Waals surface area contributed by atoms with E-state index >= 15 is 0 Å². The minimum Gasteiger partial charge on any atom is -0.331 e. The van der Waals surface area contributed by atoms with Crippen LogP contribution < -0.4 is 5.32 Å². The third-order valence-corrected chi connectivity index (χ3v) is 4.43. The van der Waals surface area contributed by atoms with Crippen LogP contribution in [0.1, 0.15) is 25.5 Å². The zero-order chi connectivity index (χ0) is 17.6. The summed E-state index contributed by atoms with van der Waals surface area (Å²) < 4.78 is 0. The van der Waals surface area contributed by atoms with Gasteiger partial charge in [0.05, 0.1) is 28.8 Å². The fourth-order valence-electron chi connectivity index (χ4n) is 3.07. The molecule has 1 atom stereocenters. The van der Waals surface area contributed by atoms with Crippen molar-refractivity contribution in [1.29, 1.82) is 0 Å². The SMILES string of the molecule is CC(C)N1CC2=C(C1=O)[C@@H](c1cccc([N+](=O)[O-])c1)NC(=O)N2C. The number of hydrogen-bond donors (Lipinski definition) is 1. The van der Waals surface area contributed by atoms with Crippen molar-refractivity contribution < 1.29 is 14.5 Å². The molecule has 3 amide bonds. The summed E-state index contributed by atoms with van der Waals surface area (Å²) >= 11 is 0. The van der Waals surface area contributed by atoms with Gasteiger partial charge in [0.25, 0.3) is 11.6 Å². The Balaban J connectivity index is 2.08. The number of carbonyl (C=O) groups is 2. The van der Waals surface area contributed by atoms with E-state index in [1.165, 1.54) is 17.0 Å². The lowest BCUT2D eigenvalue weighted by molar-refractivity contribution is -0.384. The van der Waals surface area contributed by atoms with Crippen LogP contribution in [0.15, 0.2) is 35.5 Å². The normalized spacial score (nSPS) is 20.6. The number of amides is 3. The highest BCUT2D eigenvalue weighted by Crippen LogP contribution is 2.37. The van der Waals surface area contributed by atoms with Gasteiger partial charge in [-0.2, -0.15) is 0 Å². The zero-order valence-corrected chi connectivity index (χ0v) is 13.6. The molecule has 3 rings (SSSR count). The zero-order valence-electron chi connectivity index (χ0n) is 13.6. The number of nitro benzene ring substituents is 1. The van der Waals surface area contributed by atoms with Crippen LogP contribution in [0.5, 0.6) is 0 Å². The largest absolute Gasteiger partial charge is 0.331 e. The molecule has 24 heavy (non-hydrogen) atoms. The van der Waals surface area contributed by atoms with E-state index < -0.39 is 11.0 Å². The molecule has 0 aromatic heterocycles. The Morgan fingerprint density at radius 3 is 2.67 bits per heavy atom. The maximum Gasteiger partial charge on any atom is 0.322 e. The van der Waals surface area contributed by atoms with Gasteiger partial charge in [0.15, 0.2) is 0 Å². The fourth-order valence-corrected chi connectivity index (χ4v) is 3.07. The first-order valence-corrected chi connectivity index (χ1v) is 7.64. The maximum absolute atomic E-state index is 12.8. The first kappa shape index (κ1) is 16.0. The van der Waals surface area contributed by atoms with Crippen LogP contribution in [0, 0.1) is 10.1 Å². The molecule has 0 saturated carbocycles. The lowest BCUT2D eigenvalue weighted by atomic mass is 9.95. The summed E-state index contributed by atoms with van der Waals surface area (Å²) in [6, 6.07) is 5.00. The van der Waals surface area contributed by atoms with Gasteiger partial charge in [-0.25, -0.2) is 4.79 Å². The summed E-state index contributed by atoms with van der Waals surface area (Å²) in [4.78, 5) is 38.7. The molecular formula is C16H18N4O4. The second-order valence-corrected chi connectivity index (χ2v) is 6.18. The average molecular weight is 330 g/mol. The monoisotopic (exact) mass is 330 g/mol. The van der Waals surface area contributed by atoms with Crippen molar-refractivity contribution >= 4 is 17.6 Å². The number of nitrogens with one attached hydrogen (secondary N) is 1. The lowest BCUT2D eigenvalue weighted by Gasteiger charge is -2.31. The molecule has 0 fully saturated rings. The van der Waals surface area contributed by atoms with Crippen molar-refractivity contribution in [3.8, 4) is 0 Å². The molecule has 126 valence electrons. The quantitative estimate of drug-likeness (QED) is 0.675. The molecule has 0 unspecified atom stereocenters. The van der Waals surface area contributed by atoms with Gasteiger partial charge < -0.3 is 10.2 Å². The molecule has 2 heterocycles. The van der Waals surface area contributed by atoms with E-state index in [0.29, 0.717) is 23.4 Å². The Kier molecular flexibility index (Phi) is 3.75. The van der Waals surface area contributed by atoms with Crippen LogP contribution in [0.2, 0.25) is 0 Å². The minimum atomic E-state index is -0.681. The van der Waals surface area contributed by atoms with Gasteiger partial charge in [0.1, 0.15) is 0 Å². The van der Waals surface area contributed by atoms with Crippen molar-refractivity contribution in [3.63, 3.8) is 0 Å². The third-order valence-electron chi connectivity index (χ3n) is 4.43. The Hall–Kier alpha value is -2.90. The van der Waals surface area contributed by atoms with Gasteiger partial charge in [-0.3, -0.25) is 19.8 Å². The summed E-state index contributed by atoms with van der Waals surface area (Å²) in [6.45, 7) is 4.18. The summed E-state index contributed by atoms with van der Waals surface area (Å²) in [5.74, 6) is -0.150. The van der Waals surface area contributed by atoms with Crippen LogP contribution in [-0.4, -0.2) is 46.3 Å². The number of urea groups is 1. The number of benzene rings is 1. The van der Waals surface area contributed by atoms with Gasteiger partial charge in [0, 0.05) is 25.2 Å². The third kappa shape index (κ3) is 2.40. The summed E-state index contributed by atoms with van der Waals surface area (Å²) in [5, 5.41) is 13.8. The van der Waals surface area contributed by atoms with Crippen LogP contribution in [0.3, 0.4) is 0 Å². The molecule has 2 aliphatic rings. The second kappa shape index (κ2) is 5.63. The number of likely N-dealkylation sites (N-methyl/N-ethyl adjacent to an activating group) is 1. The Morgan fingerprint density at radius 1 is 1.33 bits per heavy atom. The first-order valence-electron chi connectivity index (χ1n) is 7.64. The van der Waals surface area contributed by atoms with Crippen LogP contribution in [0.4, 0.5) is 10.5 Å². The fraction of sp³-hybridized carbons (Fsp3) is 0.375. The second-order valence-electron chi connectivity index (χ2n) is 6.18. The van der Waals surface area contributed by atoms with E-state index in [1.807, 2.05) is 13.8 Å². The van der Waals surface area contributed by atoms with Gasteiger partial charge in [0.2, 0.25) is 0 Å². The van der Waals surface area contributed by atoms with Crippen molar-refractivity contribution in [2.45, 2.75) is 25.9 Å². The predicted molar refractivity (Wildman–Crippen MR) is 86.0 cm³/mol. The first-order chi connectivity index (χ1) is 11.3. The molecule has 1 aromatic rings. The smallest absolute Gasteiger partial charge is 0.322 e. The molecule has 1 N–H and O–H groups in total. The average Bonchev–Trinajstić information content (AvgIpc) is 2.89. The molecule has 8 heteroatoms. The highest BCUT2D eigenvalue weighted by Gasteiger charge is 2.43. The summed E-state index contributed by atoms with van der Waals surface area (Å²) in [7, 11) is 1.62. The van der Waals surface area contributed by atoms with E-state index in [9.17, 15) is 19.7 Å². The van der Waals surface area contributed by atoms with E-state index in [4.69, 9.17) is 0 Å². The minimum absolute atomic E-state index is 0.00244. The number of non-ortho nitro benzene ring substituents is 1. The molecule has 0 saturated heterocycles. The van der Waals surface area contributed by atoms with Crippen LogP contribution >= 0.6 is 0 Å². The van der Waals surface area contributed by atoms with Crippen molar-refractivity contribution in [3.05, 3.63) is 51.2 Å². The Labute approximate surface area is 138 Å². The number of rotatable bonds is 3. The number of nitro groups is 1. The molecule has 2 aliphatic heterocycles. The molecule has 0 bridgehead atoms. The topological polar surface area (TPSA) is 95.8 Å². The van der Waals surface area contributed by atoms with Gasteiger partial charge in [-0.05, 0) is 19.4 Å². The predicted octanol–water partition coefficient (Wildman–Crippen LogP) is 1.80. The number of carbonyl (C=O) groups excluding carboxylic acids is 2. The summed E-state index contributed by atoms with van der Waals surface area (Å²) in [5.41, 5.74) is 1.58. The van der Waals surface area contributed by atoms with Crippen LogP contribution in [-0.2, 0) is 4.79 Å². The lowest BCUT2D eigenvalue weighted by Crippen LogP contribution is -2.45. The number of hydrogen-bond acceptors (Lipinski definition) is 4. The van der Waals surface area contributed by atoms with Crippen LogP contribution in [0.25, 0.3) is 0 Å². The molecule has 0 radical (unpaired) electrons. The highest BCUT2D eigenvalue weighted by molar-refractivity contribution is 6.01. The molecule has 0 aliphatic carbocycles. The van der Waals surface area contributed by atoms with Crippen molar-refractivity contribution in [2.75, 3.05) is 13.6 Å². The van der Waals surface area contributed by atoms with Gasteiger partial charge >= 0.3 is 6.03 Å². The van der Waals surface area contributed by atoms with E-state index in [2.05, 4.69) is 5.32 Å². The molecular weight excluding hydrogens is 312 g/mol. The highest BCUT2D eigenvalue weighted by atomic mass is 16.6. The Bertz CT molecular complexity index is 771. The Morgan fingerprint density at radius 2 is 2.04 bits per heavy atom. The maximum atomic E-state index is 12.8. The summed E-state index contributed by atoms with van der Waals surface area (Å²) in [6.07, 6.45) is 0. The van der Waals surface area contributed by atoms with Crippen molar-refractivity contribution in [2.24, 2.45) is 0 Å². The standard InChI is InChI=1S/C16H18N4O4/c1-9(2)19-8-12-13(15(19)21)14(17-16(22)18(12)3)10-5-4-6-11(7-10)20(23)24/h4-7,9,14H,8H2,1-3H3,(H,17,22)/t14-/m1/s1. The van der Waals surface area contributed by atoms with Gasteiger partial charge in [-0.1, -0.05) is 12.1 Å². The number of nitrogens with zero attached hydrogens (tertiary/aromatic N) is 3. The van der Waals surface area contributed by atoms with Gasteiger partial charge in [-0.15, -0.1) is 0 Å². The van der Waals surface area contributed by atoms with E-state index in [1.54, 1.807) is 24.1 Å². The van der Waals surface area contributed by atoms with Crippen molar-refractivity contribution in [1.82, 2.24) is 15.1 Å².